The minimum absolute atomic E-state index is 0.394. The molecule has 2 atom stereocenters. The van der Waals surface area contributed by atoms with Crippen molar-refractivity contribution in [3.8, 4) is 11.5 Å². The second-order valence-electron chi connectivity index (χ2n) is 4.50. The second kappa shape index (κ2) is 5.41. The maximum absolute atomic E-state index is 5.45. The molecule has 0 radical (unpaired) electrons. The van der Waals surface area contributed by atoms with E-state index in [1.807, 2.05) is 12.1 Å². The zero-order valence-electron chi connectivity index (χ0n) is 10.8. The Balaban J connectivity index is 2.34. The molecule has 17 heavy (non-hydrogen) atoms. The van der Waals surface area contributed by atoms with Gasteiger partial charge in [0.2, 0.25) is 0 Å². The number of ether oxygens (including phenoxy) is 2. The third kappa shape index (κ3) is 2.39. The van der Waals surface area contributed by atoms with E-state index >= 15 is 0 Å². The largest absolute Gasteiger partial charge is 0.497 e. The molecular weight excluding hydrogens is 214 g/mol. The van der Waals surface area contributed by atoms with E-state index in [0.717, 1.165) is 18.0 Å². The highest BCUT2D eigenvalue weighted by atomic mass is 16.5. The van der Waals surface area contributed by atoms with Crippen LogP contribution in [0.15, 0.2) is 18.2 Å². The van der Waals surface area contributed by atoms with Crippen LogP contribution in [0.1, 0.15) is 31.4 Å². The molecular formula is C14H21NO2. The lowest BCUT2D eigenvalue weighted by atomic mass is 9.91. The molecule has 3 nitrogen and oxygen atoms in total. The predicted octanol–water partition coefficient (Wildman–Crippen LogP) is 2.76. The van der Waals surface area contributed by atoms with Gasteiger partial charge in [-0.1, -0.05) is 13.3 Å². The molecule has 0 aliphatic carbocycles. The van der Waals surface area contributed by atoms with Gasteiger partial charge < -0.3 is 14.8 Å². The molecule has 1 aromatic rings. The van der Waals surface area contributed by atoms with Crippen LogP contribution in [0, 0.1) is 5.92 Å². The lowest BCUT2D eigenvalue weighted by Gasteiger charge is -2.21. The Morgan fingerprint density at radius 2 is 2.12 bits per heavy atom. The topological polar surface area (TPSA) is 30.5 Å². The molecule has 1 aliphatic heterocycles. The molecule has 1 heterocycles. The summed E-state index contributed by atoms with van der Waals surface area (Å²) in [5.41, 5.74) is 1.22. The van der Waals surface area contributed by atoms with Crippen molar-refractivity contribution in [2.24, 2.45) is 5.92 Å². The molecule has 0 amide bonds. The van der Waals surface area contributed by atoms with Crippen LogP contribution >= 0.6 is 0 Å². The Morgan fingerprint density at radius 3 is 2.76 bits per heavy atom. The smallest absolute Gasteiger partial charge is 0.123 e. The third-order valence-corrected chi connectivity index (χ3v) is 3.65. The Kier molecular flexibility index (Phi) is 3.89. The highest BCUT2D eigenvalue weighted by Gasteiger charge is 2.29. The van der Waals surface area contributed by atoms with Crippen molar-refractivity contribution in [1.29, 1.82) is 0 Å². The van der Waals surface area contributed by atoms with Crippen LogP contribution in [0.5, 0.6) is 11.5 Å². The quantitative estimate of drug-likeness (QED) is 0.870. The van der Waals surface area contributed by atoms with E-state index in [2.05, 4.69) is 18.3 Å². The first-order valence-electron chi connectivity index (χ1n) is 6.25. The molecule has 0 spiro atoms. The highest BCUT2D eigenvalue weighted by molar-refractivity contribution is 5.43. The Labute approximate surface area is 103 Å². The lowest BCUT2D eigenvalue weighted by Crippen LogP contribution is -2.18. The van der Waals surface area contributed by atoms with Crippen LogP contribution in [-0.2, 0) is 0 Å². The van der Waals surface area contributed by atoms with Crippen molar-refractivity contribution >= 4 is 0 Å². The van der Waals surface area contributed by atoms with Gasteiger partial charge in [0.05, 0.1) is 14.2 Å². The fourth-order valence-corrected chi connectivity index (χ4v) is 2.64. The van der Waals surface area contributed by atoms with E-state index < -0.39 is 0 Å². The molecule has 1 fully saturated rings. The molecule has 1 N–H and O–H groups in total. The first kappa shape index (κ1) is 12.2. The minimum Gasteiger partial charge on any atom is -0.497 e. The van der Waals surface area contributed by atoms with Gasteiger partial charge in [0.1, 0.15) is 11.5 Å². The zero-order chi connectivity index (χ0) is 12.3. The molecule has 1 saturated heterocycles. The average molecular weight is 235 g/mol. The number of rotatable bonds is 4. The van der Waals surface area contributed by atoms with E-state index in [-0.39, 0.29) is 0 Å². The molecule has 1 aromatic carbocycles. The van der Waals surface area contributed by atoms with Crippen molar-refractivity contribution in [3.63, 3.8) is 0 Å². The van der Waals surface area contributed by atoms with Crippen LogP contribution in [0.3, 0.4) is 0 Å². The van der Waals surface area contributed by atoms with Crippen LogP contribution in [0.25, 0.3) is 0 Å². The van der Waals surface area contributed by atoms with Gasteiger partial charge in [-0.25, -0.2) is 0 Å². The Morgan fingerprint density at radius 1 is 1.29 bits per heavy atom. The summed E-state index contributed by atoms with van der Waals surface area (Å²) < 4.78 is 10.8. The first-order chi connectivity index (χ1) is 8.30. The molecule has 3 heteroatoms. The van der Waals surface area contributed by atoms with Crippen LogP contribution < -0.4 is 14.8 Å². The summed E-state index contributed by atoms with van der Waals surface area (Å²) in [5, 5.41) is 3.56. The fraction of sp³-hybridized carbons (Fsp3) is 0.571. The van der Waals surface area contributed by atoms with E-state index in [4.69, 9.17) is 9.47 Å². The van der Waals surface area contributed by atoms with Crippen molar-refractivity contribution in [1.82, 2.24) is 5.32 Å². The summed E-state index contributed by atoms with van der Waals surface area (Å²) in [6.45, 7) is 3.33. The van der Waals surface area contributed by atoms with Gasteiger partial charge in [0.15, 0.2) is 0 Å². The minimum atomic E-state index is 0.394. The van der Waals surface area contributed by atoms with Gasteiger partial charge >= 0.3 is 0 Å². The van der Waals surface area contributed by atoms with E-state index in [1.165, 1.54) is 18.4 Å². The van der Waals surface area contributed by atoms with Crippen molar-refractivity contribution in [3.05, 3.63) is 23.8 Å². The number of nitrogens with one attached hydrogen (secondary N) is 1. The second-order valence-corrected chi connectivity index (χ2v) is 4.50. The summed E-state index contributed by atoms with van der Waals surface area (Å²) >= 11 is 0. The predicted molar refractivity (Wildman–Crippen MR) is 68.7 cm³/mol. The molecule has 2 rings (SSSR count). The fourth-order valence-electron chi connectivity index (χ4n) is 2.64. The van der Waals surface area contributed by atoms with Crippen molar-refractivity contribution in [2.45, 2.75) is 25.8 Å². The molecule has 0 aromatic heterocycles. The maximum Gasteiger partial charge on any atom is 0.123 e. The molecule has 0 bridgehead atoms. The van der Waals surface area contributed by atoms with Crippen molar-refractivity contribution in [2.75, 3.05) is 20.8 Å². The van der Waals surface area contributed by atoms with Gasteiger partial charge in [-0.3, -0.25) is 0 Å². The van der Waals surface area contributed by atoms with Gasteiger partial charge in [0, 0.05) is 11.6 Å². The number of hydrogen-bond acceptors (Lipinski definition) is 3. The first-order valence-corrected chi connectivity index (χ1v) is 6.25. The molecule has 2 unspecified atom stereocenters. The van der Waals surface area contributed by atoms with Gasteiger partial charge in [0.25, 0.3) is 0 Å². The summed E-state index contributed by atoms with van der Waals surface area (Å²) in [7, 11) is 3.42. The number of benzene rings is 1. The molecule has 1 aliphatic rings. The Hall–Kier alpha value is -1.22. The van der Waals surface area contributed by atoms with Gasteiger partial charge in [-0.2, -0.15) is 0 Å². The molecule has 94 valence electrons. The van der Waals surface area contributed by atoms with Crippen LogP contribution in [0.2, 0.25) is 0 Å². The highest BCUT2D eigenvalue weighted by Crippen LogP contribution is 2.38. The summed E-state index contributed by atoms with van der Waals surface area (Å²) in [6, 6.07) is 6.41. The van der Waals surface area contributed by atoms with Crippen LogP contribution in [0.4, 0.5) is 0 Å². The third-order valence-electron chi connectivity index (χ3n) is 3.65. The average Bonchev–Trinajstić information content (AvgIpc) is 2.86. The number of methoxy groups -OCH3 is 2. The SMILES string of the molecule is CCC1CCNC1c1cc(OC)ccc1OC. The monoisotopic (exact) mass is 235 g/mol. The maximum atomic E-state index is 5.45. The zero-order valence-corrected chi connectivity index (χ0v) is 10.8. The summed E-state index contributed by atoms with van der Waals surface area (Å²) in [6.07, 6.45) is 2.43. The molecule has 0 saturated carbocycles. The Bertz CT molecular complexity index is 378. The summed E-state index contributed by atoms with van der Waals surface area (Å²) in [4.78, 5) is 0. The van der Waals surface area contributed by atoms with E-state index in [0.29, 0.717) is 12.0 Å². The van der Waals surface area contributed by atoms with Crippen LogP contribution in [-0.4, -0.2) is 20.8 Å². The normalized spacial score (nSPS) is 23.7. The van der Waals surface area contributed by atoms with Gasteiger partial charge in [-0.15, -0.1) is 0 Å². The van der Waals surface area contributed by atoms with E-state index in [1.54, 1.807) is 14.2 Å². The van der Waals surface area contributed by atoms with Gasteiger partial charge in [-0.05, 0) is 37.1 Å². The lowest BCUT2D eigenvalue weighted by molar-refractivity contribution is 0.378. The standard InChI is InChI=1S/C14H21NO2/c1-4-10-7-8-15-14(10)12-9-11(16-2)5-6-13(12)17-3/h5-6,9-10,14-15H,4,7-8H2,1-3H3. The van der Waals surface area contributed by atoms with E-state index in [9.17, 15) is 0 Å². The summed E-state index contributed by atoms with van der Waals surface area (Å²) in [5.74, 6) is 2.53. The van der Waals surface area contributed by atoms with Crippen molar-refractivity contribution < 1.29 is 9.47 Å². The number of hydrogen-bond donors (Lipinski definition) is 1.